The van der Waals surface area contributed by atoms with Crippen LogP contribution in [0.15, 0.2) is 60.4 Å². The summed E-state index contributed by atoms with van der Waals surface area (Å²) in [4.78, 5) is 25.7. The van der Waals surface area contributed by atoms with Crippen LogP contribution in [-0.2, 0) is 6.42 Å². The maximum absolute atomic E-state index is 13.2. The molecule has 0 fully saturated rings. The minimum absolute atomic E-state index is 0.143. The highest BCUT2D eigenvalue weighted by molar-refractivity contribution is 7.18. The minimum Gasteiger partial charge on any atom is -0.382 e. The van der Waals surface area contributed by atoms with Crippen molar-refractivity contribution in [3.8, 4) is 0 Å². The molecule has 0 radical (unpaired) electrons. The monoisotopic (exact) mass is 508 g/mol. The number of nitrogens with zero attached hydrogens (tertiary/aromatic N) is 3. The number of anilines is 4. The quantitative estimate of drug-likeness (QED) is 0.260. The Bertz CT molecular complexity index is 1620. The van der Waals surface area contributed by atoms with Crippen LogP contribution in [0.4, 0.5) is 36.2 Å². The second-order valence-corrected chi connectivity index (χ2v) is 9.05. The molecule has 0 aliphatic heterocycles. The van der Waals surface area contributed by atoms with Gasteiger partial charge in [0.1, 0.15) is 18.0 Å². The van der Waals surface area contributed by atoms with E-state index < -0.39 is 12.6 Å². The Morgan fingerprint density at radius 2 is 1.92 bits per heavy atom. The van der Waals surface area contributed by atoms with E-state index >= 15 is 0 Å². The SMILES string of the molecule is Cc1ccc2c(Nc3cccc(CC(F)(F)F)c3)nccc2c1NC(=O)c1csc2c(N)ncnc12. The van der Waals surface area contributed by atoms with Gasteiger partial charge in [0, 0.05) is 28.0 Å². The fraction of sp³-hybridized carbons (Fsp3) is 0.120. The minimum atomic E-state index is -4.30. The number of benzene rings is 2. The van der Waals surface area contributed by atoms with Crippen LogP contribution in [-0.4, -0.2) is 27.0 Å². The first kappa shape index (κ1) is 23.5. The van der Waals surface area contributed by atoms with E-state index in [2.05, 4.69) is 25.6 Å². The van der Waals surface area contributed by atoms with Gasteiger partial charge in [0.15, 0.2) is 0 Å². The Balaban J connectivity index is 1.48. The van der Waals surface area contributed by atoms with Crippen molar-refractivity contribution in [2.24, 2.45) is 0 Å². The molecular weight excluding hydrogens is 489 g/mol. The van der Waals surface area contributed by atoms with Gasteiger partial charge in [-0.3, -0.25) is 4.79 Å². The van der Waals surface area contributed by atoms with Crippen LogP contribution in [0.1, 0.15) is 21.5 Å². The summed E-state index contributed by atoms with van der Waals surface area (Å²) < 4.78 is 39.1. The summed E-state index contributed by atoms with van der Waals surface area (Å²) in [6.45, 7) is 1.87. The lowest BCUT2D eigenvalue weighted by Gasteiger charge is -2.15. The number of alkyl halides is 3. The Morgan fingerprint density at radius 1 is 1.08 bits per heavy atom. The molecule has 182 valence electrons. The summed E-state index contributed by atoms with van der Waals surface area (Å²) >= 11 is 1.29. The van der Waals surface area contributed by atoms with E-state index in [-0.39, 0.29) is 11.5 Å². The number of pyridine rings is 1. The molecule has 2 aromatic carbocycles. The number of nitrogens with one attached hydrogen (secondary N) is 2. The molecule has 36 heavy (non-hydrogen) atoms. The average molecular weight is 509 g/mol. The van der Waals surface area contributed by atoms with Crippen LogP contribution in [0.3, 0.4) is 0 Å². The van der Waals surface area contributed by atoms with Crippen molar-refractivity contribution in [3.63, 3.8) is 0 Å². The summed E-state index contributed by atoms with van der Waals surface area (Å²) in [6, 6.07) is 11.6. The zero-order valence-electron chi connectivity index (χ0n) is 18.8. The summed E-state index contributed by atoms with van der Waals surface area (Å²) in [7, 11) is 0. The molecule has 0 saturated carbocycles. The fourth-order valence-corrected chi connectivity index (χ4v) is 4.87. The number of carbonyl (C=O) groups excluding carboxylic acids is 1. The van der Waals surface area contributed by atoms with Crippen molar-refractivity contribution in [3.05, 3.63) is 77.1 Å². The molecule has 4 N–H and O–H groups in total. The number of hydrogen-bond acceptors (Lipinski definition) is 7. The first-order valence-electron chi connectivity index (χ1n) is 10.8. The summed E-state index contributed by atoms with van der Waals surface area (Å²) in [5.41, 5.74) is 8.80. The second-order valence-electron chi connectivity index (χ2n) is 8.17. The normalized spacial score (nSPS) is 11.7. The molecule has 1 amide bonds. The molecular formula is C25H19F3N6OS. The summed E-state index contributed by atoms with van der Waals surface area (Å²) in [5, 5.41) is 9.20. The predicted molar refractivity (Wildman–Crippen MR) is 136 cm³/mol. The number of rotatable bonds is 5. The molecule has 0 atom stereocenters. The van der Waals surface area contributed by atoms with E-state index in [4.69, 9.17) is 5.73 Å². The van der Waals surface area contributed by atoms with Gasteiger partial charge >= 0.3 is 6.18 Å². The number of halogens is 3. The Hall–Kier alpha value is -4.25. The number of thiophene rings is 1. The van der Waals surface area contributed by atoms with Gasteiger partial charge in [-0.25, -0.2) is 15.0 Å². The van der Waals surface area contributed by atoms with E-state index in [0.29, 0.717) is 44.2 Å². The number of fused-ring (bicyclic) bond motifs is 2. The van der Waals surface area contributed by atoms with E-state index in [1.165, 1.54) is 29.8 Å². The van der Waals surface area contributed by atoms with Crippen LogP contribution < -0.4 is 16.4 Å². The van der Waals surface area contributed by atoms with E-state index in [1.807, 2.05) is 19.1 Å². The largest absolute Gasteiger partial charge is 0.393 e. The molecule has 0 spiro atoms. The molecule has 0 aliphatic rings. The van der Waals surface area contributed by atoms with Crippen LogP contribution in [0, 0.1) is 6.92 Å². The number of aryl methyl sites for hydroxylation is 1. The third kappa shape index (κ3) is 4.65. The molecule has 7 nitrogen and oxygen atoms in total. The van der Waals surface area contributed by atoms with Gasteiger partial charge in [-0.2, -0.15) is 13.2 Å². The third-order valence-electron chi connectivity index (χ3n) is 5.61. The highest BCUT2D eigenvalue weighted by atomic mass is 32.1. The molecule has 3 aromatic heterocycles. The van der Waals surface area contributed by atoms with Gasteiger partial charge in [-0.15, -0.1) is 11.3 Å². The second kappa shape index (κ2) is 9.08. The zero-order valence-corrected chi connectivity index (χ0v) is 19.7. The van der Waals surface area contributed by atoms with E-state index in [9.17, 15) is 18.0 Å². The van der Waals surface area contributed by atoms with Crippen molar-refractivity contribution in [1.82, 2.24) is 15.0 Å². The molecule has 0 unspecified atom stereocenters. The number of aromatic nitrogens is 3. The van der Waals surface area contributed by atoms with Gasteiger partial charge in [0.05, 0.1) is 27.9 Å². The van der Waals surface area contributed by atoms with E-state index in [0.717, 1.165) is 10.9 Å². The van der Waals surface area contributed by atoms with Crippen molar-refractivity contribution in [2.45, 2.75) is 19.5 Å². The summed E-state index contributed by atoms with van der Waals surface area (Å²) in [6.07, 6.45) is -2.42. The Morgan fingerprint density at radius 3 is 2.72 bits per heavy atom. The van der Waals surface area contributed by atoms with Crippen molar-refractivity contribution in [1.29, 1.82) is 0 Å². The van der Waals surface area contributed by atoms with Crippen molar-refractivity contribution in [2.75, 3.05) is 16.4 Å². The average Bonchev–Trinajstić information content (AvgIpc) is 3.26. The lowest BCUT2D eigenvalue weighted by atomic mass is 10.0. The number of nitrogen functional groups attached to an aromatic ring is 1. The molecule has 0 bridgehead atoms. The first-order chi connectivity index (χ1) is 17.2. The Labute approximate surface area is 207 Å². The summed E-state index contributed by atoms with van der Waals surface area (Å²) in [5.74, 6) is 0.418. The van der Waals surface area contributed by atoms with Gasteiger partial charge in [0.25, 0.3) is 5.91 Å². The molecule has 0 saturated heterocycles. The van der Waals surface area contributed by atoms with Gasteiger partial charge in [-0.05, 0) is 36.2 Å². The fourth-order valence-electron chi connectivity index (χ4n) is 3.97. The standard InChI is InChI=1S/C25H19F3N6OS/c1-13-5-6-17-16(19(13)34-24(35)18-11-36-21-20(18)31-12-32-22(21)29)7-8-30-23(17)33-15-4-2-3-14(9-15)10-25(26,27)28/h2-9,11-12H,10H2,1H3,(H,30,33)(H,34,35)(H2,29,31,32). The van der Waals surface area contributed by atoms with Crippen LogP contribution in [0.5, 0.6) is 0 Å². The lowest BCUT2D eigenvalue weighted by molar-refractivity contribution is -0.127. The van der Waals surface area contributed by atoms with Gasteiger partial charge < -0.3 is 16.4 Å². The highest BCUT2D eigenvalue weighted by Crippen LogP contribution is 2.34. The molecule has 3 heterocycles. The molecule has 5 aromatic rings. The van der Waals surface area contributed by atoms with Gasteiger partial charge in [0.2, 0.25) is 0 Å². The number of nitrogens with two attached hydrogens (primary N) is 1. The topological polar surface area (TPSA) is 106 Å². The maximum atomic E-state index is 13.2. The zero-order chi connectivity index (χ0) is 25.4. The molecule has 11 heteroatoms. The molecule has 5 rings (SSSR count). The highest BCUT2D eigenvalue weighted by Gasteiger charge is 2.27. The number of hydrogen-bond donors (Lipinski definition) is 3. The van der Waals surface area contributed by atoms with Crippen molar-refractivity contribution < 1.29 is 18.0 Å². The maximum Gasteiger partial charge on any atom is 0.393 e. The van der Waals surface area contributed by atoms with Crippen LogP contribution in [0.25, 0.3) is 21.0 Å². The van der Waals surface area contributed by atoms with Crippen molar-refractivity contribution >= 4 is 61.2 Å². The third-order valence-corrected chi connectivity index (χ3v) is 6.60. The van der Waals surface area contributed by atoms with Crippen LogP contribution in [0.2, 0.25) is 0 Å². The van der Waals surface area contributed by atoms with E-state index in [1.54, 1.807) is 29.8 Å². The lowest BCUT2D eigenvalue weighted by Crippen LogP contribution is -2.13. The number of carbonyl (C=O) groups is 1. The molecule has 0 aliphatic carbocycles. The smallest absolute Gasteiger partial charge is 0.382 e. The predicted octanol–water partition coefficient (Wildman–Crippen LogP) is 6.23. The number of amides is 1. The first-order valence-corrected chi connectivity index (χ1v) is 11.7. The van der Waals surface area contributed by atoms with Crippen LogP contribution >= 0.6 is 11.3 Å². The van der Waals surface area contributed by atoms with Gasteiger partial charge in [-0.1, -0.05) is 24.3 Å². The Kier molecular flexibility index (Phi) is 5.92.